The summed E-state index contributed by atoms with van der Waals surface area (Å²) in [5.74, 6) is 0.266. The Bertz CT molecular complexity index is 353. The van der Waals surface area contributed by atoms with Gasteiger partial charge in [0.2, 0.25) is 0 Å². The van der Waals surface area contributed by atoms with Gasteiger partial charge in [-0.15, -0.1) is 0 Å². The summed E-state index contributed by atoms with van der Waals surface area (Å²) < 4.78 is 13.0. The van der Waals surface area contributed by atoms with Gasteiger partial charge < -0.3 is 5.32 Å². The van der Waals surface area contributed by atoms with E-state index >= 15 is 0 Å². The monoisotopic (exact) mass is 191 g/mol. The lowest BCUT2D eigenvalue weighted by Crippen LogP contribution is -2.21. The first kappa shape index (κ1) is 8.36. The van der Waals surface area contributed by atoms with Gasteiger partial charge in [0.15, 0.2) is 0 Å². The molecule has 2 nitrogen and oxygen atoms in total. The van der Waals surface area contributed by atoms with E-state index in [2.05, 4.69) is 10.3 Å². The quantitative estimate of drug-likeness (QED) is 0.732. The SMILES string of the molecule is [18F]c1cncc(C2CC3CCC2N3)c1. The Labute approximate surface area is 82.5 Å². The van der Waals surface area contributed by atoms with Gasteiger partial charge in [0.1, 0.15) is 5.82 Å². The second-order valence-corrected chi connectivity index (χ2v) is 4.33. The Morgan fingerprint density at radius 2 is 2.29 bits per heavy atom. The van der Waals surface area contributed by atoms with E-state index in [0.29, 0.717) is 18.0 Å². The van der Waals surface area contributed by atoms with Crippen LogP contribution in [0.25, 0.3) is 0 Å². The smallest absolute Gasteiger partial charge is 0.141 e. The predicted molar refractivity (Wildman–Crippen MR) is 51.5 cm³/mol. The first-order valence-corrected chi connectivity index (χ1v) is 5.19. The molecule has 3 heteroatoms. The molecule has 2 bridgehead atoms. The number of rotatable bonds is 1. The van der Waals surface area contributed by atoms with Crippen LogP contribution in [0.4, 0.5) is 4.39 Å². The fraction of sp³-hybridized carbons (Fsp3) is 0.545. The lowest BCUT2D eigenvalue weighted by Gasteiger charge is -2.19. The minimum atomic E-state index is -0.217. The van der Waals surface area contributed by atoms with Crippen molar-refractivity contribution < 1.29 is 4.39 Å². The van der Waals surface area contributed by atoms with Crippen LogP contribution in [0, 0.1) is 5.82 Å². The van der Waals surface area contributed by atoms with E-state index in [1.165, 1.54) is 19.0 Å². The van der Waals surface area contributed by atoms with E-state index in [9.17, 15) is 4.39 Å². The van der Waals surface area contributed by atoms with Crippen LogP contribution >= 0.6 is 0 Å². The highest BCUT2D eigenvalue weighted by molar-refractivity contribution is 5.22. The summed E-state index contributed by atoms with van der Waals surface area (Å²) in [6, 6.07) is 2.84. The van der Waals surface area contributed by atoms with Crippen molar-refractivity contribution in [3.63, 3.8) is 0 Å². The van der Waals surface area contributed by atoms with Crippen molar-refractivity contribution in [2.24, 2.45) is 0 Å². The molecule has 3 unspecified atom stereocenters. The fourth-order valence-electron chi connectivity index (χ4n) is 2.82. The van der Waals surface area contributed by atoms with Gasteiger partial charge in [-0.05, 0) is 30.9 Å². The van der Waals surface area contributed by atoms with Crippen molar-refractivity contribution in [3.8, 4) is 0 Å². The highest BCUT2D eigenvalue weighted by Crippen LogP contribution is 2.39. The van der Waals surface area contributed by atoms with Crippen LogP contribution in [0.2, 0.25) is 0 Å². The molecule has 3 heterocycles. The molecule has 0 radical (unpaired) electrons. The second kappa shape index (κ2) is 3.02. The fourth-order valence-corrected chi connectivity index (χ4v) is 2.82. The minimum Gasteiger partial charge on any atom is -0.311 e. The second-order valence-electron chi connectivity index (χ2n) is 4.33. The van der Waals surface area contributed by atoms with Crippen molar-refractivity contribution in [2.75, 3.05) is 0 Å². The Morgan fingerprint density at radius 1 is 1.36 bits per heavy atom. The largest absolute Gasteiger partial charge is 0.311 e. The summed E-state index contributed by atoms with van der Waals surface area (Å²) in [5.41, 5.74) is 1.06. The maximum atomic E-state index is 13.0. The Morgan fingerprint density at radius 3 is 2.93 bits per heavy atom. The molecule has 1 aromatic rings. The topological polar surface area (TPSA) is 24.9 Å². The van der Waals surface area contributed by atoms with E-state index < -0.39 is 0 Å². The number of halogens is 1. The van der Waals surface area contributed by atoms with Crippen LogP contribution in [0.1, 0.15) is 30.7 Å². The maximum Gasteiger partial charge on any atom is 0.141 e. The van der Waals surface area contributed by atoms with Gasteiger partial charge in [0, 0.05) is 24.2 Å². The number of hydrogen-bond donors (Lipinski definition) is 1. The molecule has 0 aliphatic carbocycles. The molecular weight excluding hydrogens is 178 g/mol. The summed E-state index contributed by atoms with van der Waals surface area (Å²) in [4.78, 5) is 3.91. The zero-order chi connectivity index (χ0) is 9.54. The van der Waals surface area contributed by atoms with Gasteiger partial charge in [0.05, 0.1) is 6.20 Å². The molecule has 14 heavy (non-hydrogen) atoms. The lowest BCUT2D eigenvalue weighted by atomic mass is 9.85. The Balaban J connectivity index is 1.89. The number of nitrogens with one attached hydrogen (secondary N) is 1. The van der Waals surface area contributed by atoms with Crippen LogP contribution in [0.5, 0.6) is 0 Å². The van der Waals surface area contributed by atoms with Crippen LogP contribution in [0.15, 0.2) is 18.5 Å². The molecule has 2 fully saturated rings. The molecule has 3 rings (SSSR count). The molecule has 0 saturated carbocycles. The molecule has 2 aliphatic heterocycles. The van der Waals surface area contributed by atoms with Crippen molar-refractivity contribution >= 4 is 0 Å². The highest BCUT2D eigenvalue weighted by Gasteiger charge is 2.39. The van der Waals surface area contributed by atoms with Gasteiger partial charge >= 0.3 is 0 Å². The average molecular weight is 191 g/mol. The van der Waals surface area contributed by atoms with Crippen LogP contribution < -0.4 is 5.32 Å². The molecule has 2 aliphatic rings. The maximum absolute atomic E-state index is 13.0. The van der Waals surface area contributed by atoms with Gasteiger partial charge in [-0.25, -0.2) is 4.39 Å². The summed E-state index contributed by atoms with van der Waals surface area (Å²) in [7, 11) is 0. The number of hydrogen-bond acceptors (Lipinski definition) is 2. The van der Waals surface area contributed by atoms with Crippen molar-refractivity contribution in [2.45, 2.75) is 37.3 Å². The molecular formula is C11H13FN2. The normalized spacial score (nSPS) is 35.1. The minimum absolute atomic E-state index is 0.217. The molecule has 1 N–H and O–H groups in total. The van der Waals surface area contributed by atoms with Gasteiger partial charge in [-0.2, -0.15) is 0 Å². The predicted octanol–water partition coefficient (Wildman–Crippen LogP) is 1.83. The van der Waals surface area contributed by atoms with Crippen LogP contribution in [0.3, 0.4) is 0 Å². The van der Waals surface area contributed by atoms with Crippen molar-refractivity contribution in [1.29, 1.82) is 0 Å². The first-order valence-electron chi connectivity index (χ1n) is 5.19. The zero-order valence-electron chi connectivity index (χ0n) is 7.91. The molecule has 0 aromatic carbocycles. The van der Waals surface area contributed by atoms with Crippen LogP contribution in [-0.2, 0) is 0 Å². The molecule has 3 atom stereocenters. The zero-order valence-corrected chi connectivity index (χ0v) is 7.91. The van der Waals surface area contributed by atoms with E-state index in [0.717, 1.165) is 12.0 Å². The molecule has 0 amide bonds. The van der Waals surface area contributed by atoms with E-state index in [1.54, 1.807) is 12.3 Å². The summed E-state index contributed by atoms with van der Waals surface area (Å²) in [6.07, 6.45) is 6.73. The Kier molecular flexibility index (Phi) is 1.80. The number of fused-ring (bicyclic) bond motifs is 2. The molecule has 0 spiro atoms. The van der Waals surface area contributed by atoms with E-state index in [4.69, 9.17) is 0 Å². The summed E-state index contributed by atoms with van der Waals surface area (Å²) in [6.45, 7) is 0. The van der Waals surface area contributed by atoms with E-state index in [1.807, 2.05) is 0 Å². The highest BCUT2D eigenvalue weighted by atomic mass is 18.2. The third-order valence-corrected chi connectivity index (χ3v) is 3.45. The first-order chi connectivity index (χ1) is 6.83. The summed E-state index contributed by atoms with van der Waals surface area (Å²) in [5, 5.41) is 3.55. The summed E-state index contributed by atoms with van der Waals surface area (Å²) >= 11 is 0. The number of pyridine rings is 1. The number of nitrogens with zero attached hydrogens (tertiary/aromatic N) is 1. The molecule has 74 valence electrons. The van der Waals surface area contributed by atoms with Gasteiger partial charge in [-0.1, -0.05) is 0 Å². The lowest BCUT2D eigenvalue weighted by molar-refractivity contribution is 0.501. The molecule has 2 saturated heterocycles. The Hall–Kier alpha value is -0.960. The van der Waals surface area contributed by atoms with Crippen molar-refractivity contribution in [3.05, 3.63) is 29.8 Å². The van der Waals surface area contributed by atoms with Gasteiger partial charge in [0.25, 0.3) is 0 Å². The third kappa shape index (κ3) is 1.23. The van der Waals surface area contributed by atoms with E-state index in [-0.39, 0.29) is 5.82 Å². The van der Waals surface area contributed by atoms with Crippen LogP contribution in [-0.4, -0.2) is 17.1 Å². The average Bonchev–Trinajstić information content (AvgIpc) is 2.78. The van der Waals surface area contributed by atoms with Crippen molar-refractivity contribution in [1.82, 2.24) is 10.3 Å². The molecule has 1 aromatic heterocycles. The standard InChI is InChI=1S/C11H13FN2/c12-8-3-7(5-13-6-8)10-4-9-1-2-11(10)14-9/h3,5-6,9-11,14H,1-2,4H2/i12-1. The number of aromatic nitrogens is 1. The van der Waals surface area contributed by atoms with Gasteiger partial charge in [-0.3, -0.25) is 4.98 Å². The third-order valence-electron chi connectivity index (χ3n) is 3.45.